The summed E-state index contributed by atoms with van der Waals surface area (Å²) in [6, 6.07) is 0.316. The largest absolute Gasteiger partial charge is 0.327 e. The highest BCUT2D eigenvalue weighted by Crippen LogP contribution is 2.42. The van der Waals surface area contributed by atoms with Gasteiger partial charge in [0.25, 0.3) is 0 Å². The molecule has 4 rings (SSSR count). The van der Waals surface area contributed by atoms with Crippen LogP contribution in [0.25, 0.3) is 0 Å². The maximum Gasteiger partial charge on any atom is 0.215 e. The third-order valence-electron chi connectivity index (χ3n) is 6.80. The molecule has 32 heavy (non-hydrogen) atoms. The number of hydrogen-bond acceptors (Lipinski definition) is 5. The summed E-state index contributed by atoms with van der Waals surface area (Å²) in [6.45, 7) is -0.157. The number of benzene rings is 1. The Labute approximate surface area is 186 Å². The zero-order valence-corrected chi connectivity index (χ0v) is 19.1. The molecular weight excluding hydrogens is 467 g/mol. The molecule has 2 saturated heterocycles. The van der Waals surface area contributed by atoms with Gasteiger partial charge in [0.15, 0.2) is 11.6 Å². The molecule has 0 unspecified atom stereocenters. The zero-order valence-electron chi connectivity index (χ0n) is 17.5. The predicted molar refractivity (Wildman–Crippen MR) is 113 cm³/mol. The number of rotatable bonds is 9. The Hall–Kier alpha value is -1.21. The Morgan fingerprint density at radius 2 is 1.56 bits per heavy atom. The number of hydrogen-bond donors (Lipinski definition) is 2. The van der Waals surface area contributed by atoms with Crippen LogP contribution < -0.4 is 10.5 Å². The van der Waals surface area contributed by atoms with Crippen LogP contribution in [0.2, 0.25) is 0 Å². The zero-order chi connectivity index (χ0) is 23.3. The molecule has 2 aliphatic heterocycles. The first-order valence-electron chi connectivity index (χ1n) is 10.9. The van der Waals surface area contributed by atoms with Gasteiger partial charge in [0, 0.05) is 30.7 Å². The molecule has 1 aromatic carbocycles. The minimum Gasteiger partial charge on any atom is -0.327 e. The molecule has 7 nitrogen and oxygen atoms in total. The third kappa shape index (κ3) is 4.98. The van der Waals surface area contributed by atoms with Gasteiger partial charge in [0.1, 0.15) is 5.82 Å². The number of halogens is 3. The molecule has 3 aliphatic rings. The third-order valence-corrected chi connectivity index (χ3v) is 10.7. The van der Waals surface area contributed by atoms with Crippen molar-refractivity contribution in [2.45, 2.75) is 68.3 Å². The topological polar surface area (TPSA) is 110 Å². The van der Waals surface area contributed by atoms with Gasteiger partial charge in [-0.05, 0) is 62.5 Å². The van der Waals surface area contributed by atoms with Gasteiger partial charge in [0.05, 0.1) is 11.0 Å². The molecule has 1 saturated carbocycles. The Morgan fingerprint density at radius 3 is 2.16 bits per heavy atom. The summed E-state index contributed by atoms with van der Waals surface area (Å²) < 4.78 is 94.3. The molecule has 1 aromatic rings. The van der Waals surface area contributed by atoms with Gasteiger partial charge in [-0.1, -0.05) is 0 Å². The van der Waals surface area contributed by atoms with Gasteiger partial charge in [-0.2, -0.15) is 4.31 Å². The Bertz CT molecular complexity index is 1070. The van der Waals surface area contributed by atoms with Crippen molar-refractivity contribution >= 4 is 20.0 Å². The van der Waals surface area contributed by atoms with Crippen LogP contribution in [-0.4, -0.2) is 56.8 Å². The molecule has 1 aliphatic carbocycles. The molecule has 3 fully saturated rings. The highest BCUT2D eigenvalue weighted by Gasteiger charge is 2.47. The van der Waals surface area contributed by atoms with Gasteiger partial charge in [-0.15, -0.1) is 0 Å². The summed E-state index contributed by atoms with van der Waals surface area (Å²) in [5, 5.41) is -0.405. The first kappa shape index (κ1) is 23.9. The number of fused-ring (bicyclic) bond motifs is 2. The van der Waals surface area contributed by atoms with Crippen molar-refractivity contribution in [2.75, 3.05) is 12.3 Å². The molecule has 3 N–H and O–H groups in total. The average Bonchev–Trinajstić information content (AvgIpc) is 3.52. The predicted octanol–water partition coefficient (Wildman–Crippen LogP) is 1.63. The molecule has 4 atom stereocenters. The summed E-state index contributed by atoms with van der Waals surface area (Å²) >= 11 is 0. The van der Waals surface area contributed by atoms with Crippen LogP contribution in [0, 0.1) is 23.4 Å². The molecule has 2 bridgehead atoms. The van der Waals surface area contributed by atoms with Gasteiger partial charge in [-0.25, -0.2) is 34.7 Å². The summed E-state index contributed by atoms with van der Waals surface area (Å²) in [7, 11) is -7.10. The van der Waals surface area contributed by atoms with Crippen molar-refractivity contribution in [1.29, 1.82) is 0 Å². The quantitative estimate of drug-likeness (QED) is 0.506. The number of sulfonamides is 2. The van der Waals surface area contributed by atoms with E-state index in [0.717, 1.165) is 6.07 Å². The lowest BCUT2D eigenvalue weighted by atomic mass is 9.83. The molecule has 0 aromatic heterocycles. The van der Waals surface area contributed by atoms with E-state index in [1.54, 1.807) is 0 Å². The van der Waals surface area contributed by atoms with Crippen LogP contribution in [0.3, 0.4) is 0 Å². The van der Waals surface area contributed by atoms with Crippen molar-refractivity contribution in [2.24, 2.45) is 11.7 Å². The highest BCUT2D eigenvalue weighted by molar-refractivity contribution is 7.90. The van der Waals surface area contributed by atoms with E-state index in [0.29, 0.717) is 44.6 Å². The minimum absolute atomic E-state index is 0.00162. The standard InChI is InChI=1S/C20H28F3N3O4S2/c21-17-11-19(23)18(22)9-12(17)10-20(24)13-7-14-1-2-15(8-13)26(14)31(27,28)6-5-25-32(29,30)16-3-4-16/h9,11,13-16,20,25H,1-8,10,24H2/t13-,14-,15+,20-/m0/s1. The molecule has 2 heterocycles. The van der Waals surface area contributed by atoms with Crippen LogP contribution in [0.1, 0.15) is 44.1 Å². The summed E-state index contributed by atoms with van der Waals surface area (Å²) in [5.74, 6) is -3.62. The average molecular weight is 496 g/mol. The molecular formula is C20H28F3N3O4S2. The summed E-state index contributed by atoms with van der Waals surface area (Å²) in [5.41, 5.74) is 6.28. The highest BCUT2D eigenvalue weighted by atomic mass is 32.2. The second-order valence-corrected chi connectivity index (χ2v) is 13.2. The number of piperidine rings is 1. The Kier molecular flexibility index (Phi) is 6.63. The monoisotopic (exact) mass is 495 g/mol. The Morgan fingerprint density at radius 1 is 0.969 bits per heavy atom. The van der Waals surface area contributed by atoms with Crippen LogP contribution in [-0.2, 0) is 26.5 Å². The van der Waals surface area contributed by atoms with E-state index in [-0.39, 0.29) is 42.3 Å². The van der Waals surface area contributed by atoms with Gasteiger partial charge in [0.2, 0.25) is 20.0 Å². The van der Waals surface area contributed by atoms with E-state index in [9.17, 15) is 30.0 Å². The fraction of sp³-hybridized carbons (Fsp3) is 0.700. The Balaban J connectivity index is 1.37. The van der Waals surface area contributed by atoms with Crippen molar-refractivity contribution in [3.05, 3.63) is 35.1 Å². The van der Waals surface area contributed by atoms with E-state index in [1.807, 2.05) is 0 Å². The van der Waals surface area contributed by atoms with E-state index in [2.05, 4.69) is 4.72 Å². The van der Waals surface area contributed by atoms with Crippen LogP contribution >= 0.6 is 0 Å². The number of nitrogens with zero attached hydrogens (tertiary/aromatic N) is 1. The van der Waals surface area contributed by atoms with Crippen molar-refractivity contribution in [3.8, 4) is 0 Å². The lowest BCUT2D eigenvalue weighted by molar-refractivity contribution is 0.170. The fourth-order valence-corrected chi connectivity index (χ4v) is 8.41. The number of nitrogens with two attached hydrogens (primary N) is 1. The van der Waals surface area contributed by atoms with E-state index < -0.39 is 48.8 Å². The summed E-state index contributed by atoms with van der Waals surface area (Å²) in [6.07, 6.45) is 3.60. The van der Waals surface area contributed by atoms with Gasteiger partial charge < -0.3 is 5.73 Å². The smallest absolute Gasteiger partial charge is 0.215 e. The normalized spacial score (nSPS) is 27.6. The second-order valence-electron chi connectivity index (χ2n) is 9.13. The molecule has 180 valence electrons. The molecule has 0 amide bonds. The van der Waals surface area contributed by atoms with E-state index in [1.165, 1.54) is 4.31 Å². The lowest BCUT2D eigenvalue weighted by Gasteiger charge is -2.40. The van der Waals surface area contributed by atoms with Crippen LogP contribution in [0.15, 0.2) is 12.1 Å². The fourth-order valence-electron chi connectivity index (χ4n) is 5.04. The molecule has 12 heteroatoms. The molecule has 0 spiro atoms. The number of nitrogens with one attached hydrogen (secondary N) is 1. The lowest BCUT2D eigenvalue weighted by Crippen LogP contribution is -2.51. The maximum absolute atomic E-state index is 14.0. The van der Waals surface area contributed by atoms with E-state index >= 15 is 0 Å². The van der Waals surface area contributed by atoms with Crippen LogP contribution in [0.5, 0.6) is 0 Å². The maximum atomic E-state index is 14.0. The van der Waals surface area contributed by atoms with Crippen molar-refractivity contribution in [1.82, 2.24) is 9.03 Å². The SMILES string of the molecule is N[C@@H](Cc1cc(F)c(F)cc1F)[C@@H]1C[C@H]2CC[C@@H](C1)N2S(=O)(=O)CCNS(=O)(=O)C1CC1. The summed E-state index contributed by atoms with van der Waals surface area (Å²) in [4.78, 5) is 0. The first-order chi connectivity index (χ1) is 15.0. The van der Waals surface area contributed by atoms with Crippen molar-refractivity contribution < 1.29 is 30.0 Å². The van der Waals surface area contributed by atoms with Gasteiger partial charge >= 0.3 is 0 Å². The van der Waals surface area contributed by atoms with Gasteiger partial charge in [-0.3, -0.25) is 0 Å². The minimum atomic E-state index is -3.66. The first-order valence-corrected chi connectivity index (χ1v) is 14.0. The van der Waals surface area contributed by atoms with Crippen molar-refractivity contribution in [3.63, 3.8) is 0 Å². The van der Waals surface area contributed by atoms with Crippen LogP contribution in [0.4, 0.5) is 13.2 Å². The second kappa shape index (κ2) is 8.86. The molecule has 0 radical (unpaired) electrons. The van der Waals surface area contributed by atoms with E-state index in [4.69, 9.17) is 5.73 Å².